The van der Waals surface area contributed by atoms with Crippen molar-refractivity contribution in [2.24, 2.45) is 5.14 Å². The molecule has 0 aliphatic rings. The third kappa shape index (κ3) is 3.27. The first kappa shape index (κ1) is 15.5. The van der Waals surface area contributed by atoms with Crippen LogP contribution in [0.4, 0.5) is 8.78 Å². The van der Waals surface area contributed by atoms with Crippen LogP contribution in [0.5, 0.6) is 0 Å². The Balaban J connectivity index is 3.46. The Kier molecular flexibility index (Phi) is 4.59. The van der Waals surface area contributed by atoms with Crippen molar-refractivity contribution in [3.05, 3.63) is 29.3 Å². The van der Waals surface area contributed by atoms with E-state index < -0.39 is 38.0 Å². The molecule has 0 heterocycles. The van der Waals surface area contributed by atoms with Crippen molar-refractivity contribution in [3.8, 4) is 0 Å². The highest BCUT2D eigenvalue weighted by Crippen LogP contribution is 2.20. The lowest BCUT2D eigenvalue weighted by Crippen LogP contribution is -2.31. The monoisotopic (exact) mass is 292 g/mol. The molecule has 0 unspecified atom stereocenters. The first-order chi connectivity index (χ1) is 8.72. The van der Waals surface area contributed by atoms with Gasteiger partial charge >= 0.3 is 0 Å². The summed E-state index contributed by atoms with van der Waals surface area (Å²) in [5.74, 6) is -3.16. The summed E-state index contributed by atoms with van der Waals surface area (Å²) in [5, 5.41) is 4.78. The molecule has 19 heavy (non-hydrogen) atoms. The van der Waals surface area contributed by atoms with Gasteiger partial charge in [-0.3, -0.25) is 4.79 Å². The number of amides is 1. The number of benzene rings is 1. The maximum Gasteiger partial charge on any atom is 0.256 e. The van der Waals surface area contributed by atoms with Gasteiger partial charge in [0.2, 0.25) is 10.0 Å². The van der Waals surface area contributed by atoms with E-state index in [-0.39, 0.29) is 13.1 Å². The van der Waals surface area contributed by atoms with Crippen molar-refractivity contribution in [2.75, 3.05) is 13.1 Å². The predicted octanol–water partition coefficient (Wildman–Crippen LogP) is 1.09. The van der Waals surface area contributed by atoms with Crippen molar-refractivity contribution in [3.63, 3.8) is 0 Å². The molecule has 0 radical (unpaired) electrons. The van der Waals surface area contributed by atoms with Gasteiger partial charge in [-0.15, -0.1) is 0 Å². The average Bonchev–Trinajstić information content (AvgIpc) is 2.31. The van der Waals surface area contributed by atoms with Gasteiger partial charge < -0.3 is 4.90 Å². The molecule has 0 aliphatic carbocycles. The summed E-state index contributed by atoms with van der Waals surface area (Å²) in [4.78, 5) is 12.2. The lowest BCUT2D eigenvalue weighted by atomic mass is 10.1. The molecule has 0 bridgehead atoms. The van der Waals surface area contributed by atoms with E-state index in [1.807, 2.05) is 0 Å². The van der Waals surface area contributed by atoms with Gasteiger partial charge in [0.1, 0.15) is 10.7 Å². The van der Waals surface area contributed by atoms with Gasteiger partial charge in [-0.05, 0) is 26.0 Å². The Morgan fingerprint density at radius 2 is 1.79 bits per heavy atom. The molecule has 1 aromatic rings. The Labute approximate surface area is 110 Å². The summed E-state index contributed by atoms with van der Waals surface area (Å²) in [6, 6.07) is 1.11. The average molecular weight is 292 g/mol. The normalized spacial score (nSPS) is 11.4. The highest BCUT2D eigenvalue weighted by atomic mass is 32.2. The van der Waals surface area contributed by atoms with Crippen LogP contribution in [-0.2, 0) is 10.0 Å². The minimum Gasteiger partial charge on any atom is -0.339 e. The number of nitrogens with zero attached hydrogens (tertiary/aromatic N) is 1. The molecule has 1 amide bonds. The topological polar surface area (TPSA) is 80.5 Å². The quantitative estimate of drug-likeness (QED) is 0.902. The number of sulfonamides is 1. The van der Waals surface area contributed by atoms with Crippen molar-refractivity contribution in [1.82, 2.24) is 4.90 Å². The fraction of sp³-hybridized carbons (Fsp3) is 0.364. The van der Waals surface area contributed by atoms with Crippen molar-refractivity contribution in [2.45, 2.75) is 18.7 Å². The van der Waals surface area contributed by atoms with Crippen molar-refractivity contribution >= 4 is 15.9 Å². The minimum absolute atomic E-state index is 0.288. The van der Waals surface area contributed by atoms with Crippen LogP contribution in [0.15, 0.2) is 17.0 Å². The van der Waals surface area contributed by atoms with Gasteiger partial charge in [0.05, 0.1) is 5.56 Å². The lowest BCUT2D eigenvalue weighted by Gasteiger charge is -2.19. The van der Waals surface area contributed by atoms with E-state index in [4.69, 9.17) is 5.14 Å². The van der Waals surface area contributed by atoms with E-state index in [9.17, 15) is 22.0 Å². The second-order valence-corrected chi connectivity index (χ2v) is 5.32. The smallest absolute Gasteiger partial charge is 0.256 e. The van der Waals surface area contributed by atoms with E-state index >= 15 is 0 Å². The molecule has 0 saturated heterocycles. The summed E-state index contributed by atoms with van der Waals surface area (Å²) < 4.78 is 49.5. The van der Waals surface area contributed by atoms with Crippen LogP contribution in [0.3, 0.4) is 0 Å². The van der Waals surface area contributed by atoms with E-state index in [1.54, 1.807) is 13.8 Å². The number of nitrogens with two attached hydrogens (primary N) is 1. The van der Waals surface area contributed by atoms with Crippen molar-refractivity contribution in [1.29, 1.82) is 0 Å². The zero-order chi connectivity index (χ0) is 14.8. The molecule has 0 aromatic heterocycles. The number of carbonyl (C=O) groups is 1. The maximum atomic E-state index is 14.0. The van der Waals surface area contributed by atoms with E-state index in [0.717, 1.165) is 0 Å². The number of primary sulfonamides is 1. The largest absolute Gasteiger partial charge is 0.339 e. The molecule has 0 aliphatic heterocycles. The van der Waals surface area contributed by atoms with Crippen LogP contribution in [-0.4, -0.2) is 32.3 Å². The number of hydrogen-bond acceptors (Lipinski definition) is 3. The van der Waals surface area contributed by atoms with Gasteiger partial charge in [0.25, 0.3) is 5.91 Å². The molecule has 8 heteroatoms. The lowest BCUT2D eigenvalue weighted by molar-refractivity contribution is 0.0767. The number of hydrogen-bond donors (Lipinski definition) is 1. The summed E-state index contributed by atoms with van der Waals surface area (Å²) in [7, 11) is -4.44. The minimum atomic E-state index is -4.44. The summed E-state index contributed by atoms with van der Waals surface area (Å²) >= 11 is 0. The van der Waals surface area contributed by atoms with Crippen LogP contribution in [0.25, 0.3) is 0 Å². The number of rotatable bonds is 4. The van der Waals surface area contributed by atoms with Gasteiger partial charge in [-0.25, -0.2) is 22.3 Å². The van der Waals surface area contributed by atoms with Gasteiger partial charge in [0, 0.05) is 13.1 Å². The van der Waals surface area contributed by atoms with Crippen LogP contribution in [0.2, 0.25) is 0 Å². The summed E-state index contributed by atoms with van der Waals surface area (Å²) in [6.07, 6.45) is 0. The van der Waals surface area contributed by atoms with Crippen molar-refractivity contribution < 1.29 is 22.0 Å². The molecule has 106 valence electrons. The third-order valence-electron chi connectivity index (χ3n) is 2.59. The van der Waals surface area contributed by atoms with Gasteiger partial charge in [0.15, 0.2) is 5.82 Å². The number of carbonyl (C=O) groups excluding carboxylic acids is 1. The first-order valence-electron chi connectivity index (χ1n) is 5.53. The van der Waals surface area contributed by atoms with Gasteiger partial charge in [-0.2, -0.15) is 0 Å². The van der Waals surface area contributed by atoms with E-state index in [1.165, 1.54) is 4.90 Å². The second kappa shape index (κ2) is 5.62. The number of halogens is 2. The molecular weight excluding hydrogens is 278 g/mol. The molecule has 1 aromatic carbocycles. The Morgan fingerprint density at radius 1 is 1.26 bits per heavy atom. The molecule has 0 atom stereocenters. The molecule has 0 spiro atoms. The van der Waals surface area contributed by atoms with Gasteiger partial charge in [-0.1, -0.05) is 0 Å². The van der Waals surface area contributed by atoms with Crippen LogP contribution in [0.1, 0.15) is 24.2 Å². The van der Waals surface area contributed by atoms with Crippen LogP contribution in [0, 0.1) is 11.6 Å². The first-order valence-corrected chi connectivity index (χ1v) is 7.08. The zero-order valence-corrected chi connectivity index (χ0v) is 11.3. The summed E-state index contributed by atoms with van der Waals surface area (Å²) in [6.45, 7) is 3.91. The molecule has 0 saturated carbocycles. The zero-order valence-electron chi connectivity index (χ0n) is 10.5. The summed E-state index contributed by atoms with van der Waals surface area (Å²) in [5.41, 5.74) is -0.646. The Hall–Kier alpha value is -1.54. The van der Waals surface area contributed by atoms with Crippen LogP contribution >= 0.6 is 0 Å². The molecule has 1 rings (SSSR count). The van der Waals surface area contributed by atoms with E-state index in [2.05, 4.69) is 0 Å². The standard InChI is InChI=1S/C11H14F2N2O3S/c1-3-15(4-2)11(16)8-5-7(12)6-9(10(8)13)19(14,17)18/h5-6H,3-4H2,1-2H3,(H2,14,17,18). The fourth-order valence-electron chi connectivity index (χ4n) is 1.61. The Bertz CT molecular complexity index is 598. The fourth-order valence-corrected chi connectivity index (χ4v) is 2.24. The molecule has 2 N–H and O–H groups in total. The second-order valence-electron chi connectivity index (χ2n) is 3.79. The predicted molar refractivity (Wildman–Crippen MR) is 65.0 cm³/mol. The SMILES string of the molecule is CCN(CC)C(=O)c1cc(F)cc(S(N)(=O)=O)c1F. The van der Waals surface area contributed by atoms with E-state index in [0.29, 0.717) is 12.1 Å². The van der Waals surface area contributed by atoms with Crippen LogP contribution < -0.4 is 5.14 Å². The highest BCUT2D eigenvalue weighted by molar-refractivity contribution is 7.89. The molecule has 0 fully saturated rings. The Morgan fingerprint density at radius 3 is 2.21 bits per heavy atom. The third-order valence-corrected chi connectivity index (χ3v) is 3.50. The molecule has 5 nitrogen and oxygen atoms in total. The maximum absolute atomic E-state index is 14.0. The molecular formula is C11H14F2N2O3S. The highest BCUT2D eigenvalue weighted by Gasteiger charge is 2.25.